The third kappa shape index (κ3) is 4.48. The summed E-state index contributed by atoms with van der Waals surface area (Å²) in [4.78, 5) is 12.5. The van der Waals surface area contributed by atoms with Crippen LogP contribution in [0.2, 0.25) is 15.1 Å². The van der Waals surface area contributed by atoms with Crippen molar-refractivity contribution in [2.24, 2.45) is 0 Å². The molecule has 0 aliphatic heterocycles. The Kier molecular flexibility index (Phi) is 5.62. The highest BCUT2D eigenvalue weighted by atomic mass is 35.5. The summed E-state index contributed by atoms with van der Waals surface area (Å²) >= 11 is 18.4. The standard InChI is InChI=1S/C21H15Cl3N4O/c22-15-9-8-14(17(23)10-15)11-28-12-18(24)20(27-28)26-21(29)25-19-7-3-5-13-4-1-2-6-16(13)19/h1-10,12H,11H2,(H2,25,26,27,29). The smallest absolute Gasteiger partial charge is 0.307 e. The first-order valence-corrected chi connectivity index (χ1v) is 9.85. The molecule has 0 bridgehead atoms. The van der Waals surface area contributed by atoms with Gasteiger partial charge in [0.2, 0.25) is 0 Å². The molecule has 1 heterocycles. The molecule has 1 aromatic heterocycles. The molecule has 0 atom stereocenters. The fourth-order valence-electron chi connectivity index (χ4n) is 2.98. The summed E-state index contributed by atoms with van der Waals surface area (Å²) in [6.07, 6.45) is 1.63. The molecule has 0 aliphatic rings. The number of urea groups is 1. The summed E-state index contributed by atoms with van der Waals surface area (Å²) in [6.45, 7) is 0.391. The van der Waals surface area contributed by atoms with Crippen LogP contribution in [0.3, 0.4) is 0 Å². The molecule has 5 nitrogen and oxygen atoms in total. The topological polar surface area (TPSA) is 59.0 Å². The number of carbonyl (C=O) groups excluding carboxylic acids is 1. The van der Waals surface area contributed by atoms with Crippen LogP contribution in [0.1, 0.15) is 5.56 Å². The average molecular weight is 446 g/mol. The Labute approximate surface area is 182 Å². The first kappa shape index (κ1) is 19.6. The first-order valence-electron chi connectivity index (χ1n) is 8.72. The number of amides is 2. The van der Waals surface area contributed by atoms with E-state index in [0.717, 1.165) is 16.3 Å². The minimum atomic E-state index is -0.432. The van der Waals surface area contributed by atoms with Gasteiger partial charge in [-0.1, -0.05) is 77.3 Å². The Morgan fingerprint density at radius 1 is 0.931 bits per heavy atom. The number of nitrogens with one attached hydrogen (secondary N) is 2. The van der Waals surface area contributed by atoms with Crippen molar-refractivity contribution < 1.29 is 4.79 Å². The third-order valence-corrected chi connectivity index (χ3v) is 5.20. The van der Waals surface area contributed by atoms with E-state index in [0.29, 0.717) is 27.3 Å². The van der Waals surface area contributed by atoms with E-state index in [9.17, 15) is 4.79 Å². The molecule has 29 heavy (non-hydrogen) atoms. The summed E-state index contributed by atoms with van der Waals surface area (Å²) in [5.74, 6) is 0.259. The summed E-state index contributed by atoms with van der Waals surface area (Å²) in [5, 5.41) is 13.3. The number of benzene rings is 3. The second-order valence-electron chi connectivity index (χ2n) is 6.36. The molecule has 0 unspecified atom stereocenters. The van der Waals surface area contributed by atoms with E-state index in [1.165, 1.54) is 0 Å². The zero-order valence-corrected chi connectivity index (χ0v) is 17.3. The molecular formula is C21H15Cl3N4O. The van der Waals surface area contributed by atoms with Crippen LogP contribution in [0.4, 0.5) is 16.3 Å². The van der Waals surface area contributed by atoms with Gasteiger partial charge >= 0.3 is 6.03 Å². The van der Waals surface area contributed by atoms with Crippen LogP contribution in [0.5, 0.6) is 0 Å². The summed E-state index contributed by atoms with van der Waals surface area (Å²) < 4.78 is 1.60. The SMILES string of the molecule is O=C(Nc1nn(Cc2ccc(Cl)cc2Cl)cc1Cl)Nc1cccc2ccccc12. The predicted octanol–water partition coefficient (Wildman–Crippen LogP) is 6.69. The number of fused-ring (bicyclic) bond motifs is 1. The molecule has 0 aliphatic carbocycles. The lowest BCUT2D eigenvalue weighted by molar-refractivity contribution is 0.262. The number of rotatable bonds is 4. The normalized spacial score (nSPS) is 10.9. The third-order valence-electron chi connectivity index (χ3n) is 4.33. The van der Waals surface area contributed by atoms with Crippen LogP contribution >= 0.6 is 34.8 Å². The molecule has 0 fully saturated rings. The molecule has 2 amide bonds. The summed E-state index contributed by atoms with van der Waals surface area (Å²) in [6, 6.07) is 18.3. The molecule has 3 aromatic carbocycles. The lowest BCUT2D eigenvalue weighted by Gasteiger charge is -2.09. The molecule has 0 saturated heterocycles. The van der Waals surface area contributed by atoms with Gasteiger partial charge in [-0.3, -0.25) is 10.00 Å². The van der Waals surface area contributed by atoms with Gasteiger partial charge < -0.3 is 5.32 Å². The minimum absolute atomic E-state index is 0.259. The fourth-order valence-corrected chi connectivity index (χ4v) is 3.65. The molecule has 0 saturated carbocycles. The second-order valence-corrected chi connectivity index (χ2v) is 7.62. The van der Waals surface area contributed by atoms with Crippen LogP contribution in [0.15, 0.2) is 66.9 Å². The highest BCUT2D eigenvalue weighted by molar-refractivity contribution is 6.35. The van der Waals surface area contributed by atoms with Crippen molar-refractivity contribution in [2.45, 2.75) is 6.54 Å². The van der Waals surface area contributed by atoms with E-state index in [-0.39, 0.29) is 5.82 Å². The predicted molar refractivity (Wildman–Crippen MR) is 119 cm³/mol. The van der Waals surface area contributed by atoms with Crippen molar-refractivity contribution in [2.75, 3.05) is 10.6 Å². The minimum Gasteiger partial charge on any atom is -0.307 e. The van der Waals surface area contributed by atoms with Gasteiger partial charge in [0.1, 0.15) is 5.02 Å². The van der Waals surface area contributed by atoms with Gasteiger partial charge in [-0.25, -0.2) is 4.79 Å². The van der Waals surface area contributed by atoms with Crippen molar-refractivity contribution in [3.63, 3.8) is 0 Å². The highest BCUT2D eigenvalue weighted by Gasteiger charge is 2.13. The van der Waals surface area contributed by atoms with E-state index in [1.54, 1.807) is 23.0 Å². The van der Waals surface area contributed by atoms with E-state index in [2.05, 4.69) is 15.7 Å². The summed E-state index contributed by atoms with van der Waals surface area (Å²) in [5.41, 5.74) is 1.53. The molecule has 0 spiro atoms. The Balaban J connectivity index is 1.48. The van der Waals surface area contributed by atoms with E-state index >= 15 is 0 Å². The van der Waals surface area contributed by atoms with Crippen LogP contribution in [-0.2, 0) is 6.54 Å². The van der Waals surface area contributed by atoms with Gasteiger partial charge in [0.05, 0.1) is 12.2 Å². The van der Waals surface area contributed by atoms with Gasteiger partial charge in [0, 0.05) is 21.6 Å². The van der Waals surface area contributed by atoms with Crippen LogP contribution in [0, 0.1) is 0 Å². The maximum absolute atomic E-state index is 12.5. The Morgan fingerprint density at radius 2 is 1.72 bits per heavy atom. The number of carbonyl (C=O) groups is 1. The lowest BCUT2D eigenvalue weighted by atomic mass is 10.1. The maximum atomic E-state index is 12.5. The average Bonchev–Trinajstić information content (AvgIpc) is 3.03. The molecule has 4 aromatic rings. The number of hydrogen-bond donors (Lipinski definition) is 2. The Morgan fingerprint density at radius 3 is 2.55 bits per heavy atom. The molecular weight excluding hydrogens is 431 g/mol. The number of hydrogen-bond acceptors (Lipinski definition) is 2. The molecule has 8 heteroatoms. The van der Waals surface area contributed by atoms with Crippen LogP contribution in [-0.4, -0.2) is 15.8 Å². The highest BCUT2D eigenvalue weighted by Crippen LogP contribution is 2.26. The van der Waals surface area contributed by atoms with Gasteiger partial charge in [0.15, 0.2) is 5.82 Å². The Hall–Kier alpha value is -2.73. The van der Waals surface area contributed by atoms with Crippen LogP contribution in [0.25, 0.3) is 10.8 Å². The van der Waals surface area contributed by atoms with Gasteiger partial charge in [-0.2, -0.15) is 5.10 Å². The van der Waals surface area contributed by atoms with E-state index < -0.39 is 6.03 Å². The largest absolute Gasteiger partial charge is 0.324 e. The lowest BCUT2D eigenvalue weighted by Crippen LogP contribution is -2.20. The maximum Gasteiger partial charge on any atom is 0.324 e. The Bertz CT molecular complexity index is 1200. The van der Waals surface area contributed by atoms with Gasteiger partial charge in [-0.15, -0.1) is 0 Å². The van der Waals surface area contributed by atoms with Crippen molar-refractivity contribution >= 4 is 63.1 Å². The zero-order chi connectivity index (χ0) is 20.4. The van der Waals surface area contributed by atoms with Crippen LogP contribution < -0.4 is 10.6 Å². The number of anilines is 2. The number of halogens is 3. The monoisotopic (exact) mass is 444 g/mol. The van der Waals surface area contributed by atoms with Crippen molar-refractivity contribution in [3.05, 3.63) is 87.5 Å². The fraction of sp³-hybridized carbons (Fsp3) is 0.0476. The van der Waals surface area contributed by atoms with Crippen molar-refractivity contribution in [3.8, 4) is 0 Å². The molecule has 2 N–H and O–H groups in total. The van der Waals surface area contributed by atoms with E-state index in [1.807, 2.05) is 48.5 Å². The van der Waals surface area contributed by atoms with E-state index in [4.69, 9.17) is 34.8 Å². The summed E-state index contributed by atoms with van der Waals surface area (Å²) in [7, 11) is 0. The molecule has 146 valence electrons. The van der Waals surface area contributed by atoms with Crippen molar-refractivity contribution in [1.82, 2.24) is 9.78 Å². The number of aromatic nitrogens is 2. The van der Waals surface area contributed by atoms with Gasteiger partial charge in [-0.05, 0) is 29.1 Å². The van der Waals surface area contributed by atoms with Gasteiger partial charge in [0.25, 0.3) is 0 Å². The molecule has 4 rings (SSSR count). The molecule has 0 radical (unpaired) electrons. The quantitative estimate of drug-likeness (QED) is 0.368. The zero-order valence-electron chi connectivity index (χ0n) is 15.0. The first-order chi connectivity index (χ1) is 14.0. The second kappa shape index (κ2) is 8.33. The number of nitrogens with zero attached hydrogens (tertiary/aromatic N) is 2. The van der Waals surface area contributed by atoms with Crippen molar-refractivity contribution in [1.29, 1.82) is 0 Å².